The molecule has 0 radical (unpaired) electrons. The zero-order chi connectivity index (χ0) is 27.5. The van der Waals surface area contributed by atoms with Gasteiger partial charge in [-0.1, -0.05) is 54.1 Å². The van der Waals surface area contributed by atoms with Gasteiger partial charge in [-0.2, -0.15) is 0 Å². The van der Waals surface area contributed by atoms with Gasteiger partial charge in [0.15, 0.2) is 0 Å². The molecule has 3 unspecified atom stereocenters. The minimum Gasteiger partial charge on any atom is -0.478 e. The van der Waals surface area contributed by atoms with E-state index in [0.717, 1.165) is 15.5 Å². The summed E-state index contributed by atoms with van der Waals surface area (Å²) in [7, 11) is 0. The van der Waals surface area contributed by atoms with E-state index in [1.165, 1.54) is 23.9 Å². The van der Waals surface area contributed by atoms with Crippen molar-refractivity contribution in [2.45, 2.75) is 33.3 Å². The van der Waals surface area contributed by atoms with Gasteiger partial charge in [-0.3, -0.25) is 9.69 Å². The molecule has 0 aromatic heterocycles. The average molecular weight is 578 g/mol. The van der Waals surface area contributed by atoms with E-state index < -0.39 is 11.2 Å². The Labute approximate surface area is 239 Å². The van der Waals surface area contributed by atoms with Crippen LogP contribution in [-0.2, 0) is 4.79 Å². The number of benzene rings is 3. The van der Waals surface area contributed by atoms with Crippen molar-refractivity contribution in [1.82, 2.24) is 0 Å². The summed E-state index contributed by atoms with van der Waals surface area (Å²) in [6, 6.07) is 19.2. The molecular formula is C29H24ClN3O4S2. The zero-order valence-corrected chi connectivity index (χ0v) is 23.1. The van der Waals surface area contributed by atoms with Crippen LogP contribution in [0.3, 0.4) is 0 Å². The van der Waals surface area contributed by atoms with Crippen LogP contribution >= 0.6 is 35.1 Å². The number of allylic oxidation sites excluding steroid dienone is 2. The summed E-state index contributed by atoms with van der Waals surface area (Å²) < 4.78 is 0. The molecule has 1 heterocycles. The molecule has 0 bridgehead atoms. The predicted octanol–water partition coefficient (Wildman–Crippen LogP) is 7.16. The number of fused-ring (bicyclic) bond motifs is 2. The number of hydrogen-bond acceptors (Lipinski definition) is 5. The van der Waals surface area contributed by atoms with Crippen molar-refractivity contribution in [2.24, 2.45) is 0 Å². The highest BCUT2D eigenvalue weighted by molar-refractivity contribution is 8.00. The van der Waals surface area contributed by atoms with Crippen molar-refractivity contribution in [1.29, 1.82) is 0 Å². The fraction of sp³-hybridized carbons (Fsp3) is 0.138. The summed E-state index contributed by atoms with van der Waals surface area (Å²) in [5.74, 6) is -1.46. The summed E-state index contributed by atoms with van der Waals surface area (Å²) in [5.41, 5.74) is 1.74. The second-order valence-electron chi connectivity index (χ2n) is 8.89. The Morgan fingerprint density at radius 3 is 2.56 bits per heavy atom. The number of amides is 3. The van der Waals surface area contributed by atoms with Gasteiger partial charge >= 0.3 is 12.0 Å². The monoisotopic (exact) mass is 577 g/mol. The fourth-order valence-corrected chi connectivity index (χ4v) is 6.71. The van der Waals surface area contributed by atoms with E-state index in [9.17, 15) is 19.5 Å². The Bertz CT molecular complexity index is 1510. The van der Waals surface area contributed by atoms with Crippen LogP contribution in [-0.4, -0.2) is 39.6 Å². The lowest BCUT2D eigenvalue weighted by Crippen LogP contribution is -2.49. The van der Waals surface area contributed by atoms with E-state index in [-0.39, 0.29) is 33.8 Å². The zero-order valence-electron chi connectivity index (χ0n) is 20.7. The van der Waals surface area contributed by atoms with Crippen molar-refractivity contribution >= 4 is 70.1 Å². The van der Waals surface area contributed by atoms with Gasteiger partial charge in [-0.05, 0) is 55.5 Å². The third-order valence-electron chi connectivity index (χ3n) is 6.19. The number of carboxylic acids is 1. The second kappa shape index (κ2) is 11.6. The van der Waals surface area contributed by atoms with E-state index in [1.54, 1.807) is 29.7 Å². The summed E-state index contributed by atoms with van der Waals surface area (Å²) >= 11 is 8.99. The van der Waals surface area contributed by atoms with E-state index in [0.29, 0.717) is 11.4 Å². The van der Waals surface area contributed by atoms with Gasteiger partial charge < -0.3 is 15.7 Å². The van der Waals surface area contributed by atoms with Gasteiger partial charge in [0.2, 0.25) is 5.91 Å². The molecule has 1 aliphatic heterocycles. The molecule has 7 nitrogen and oxygen atoms in total. The van der Waals surface area contributed by atoms with Gasteiger partial charge in [-0.15, -0.1) is 23.5 Å². The maximum atomic E-state index is 13.6. The Hall–Kier alpha value is -3.66. The van der Waals surface area contributed by atoms with Crippen LogP contribution in [0.15, 0.2) is 101 Å². The maximum absolute atomic E-state index is 13.6. The molecule has 3 atom stereocenters. The number of rotatable bonds is 6. The first kappa shape index (κ1) is 26.9. The Morgan fingerprint density at radius 1 is 0.974 bits per heavy atom. The Kier molecular flexibility index (Phi) is 8.02. The topological polar surface area (TPSA) is 98.7 Å². The number of aromatic carboxylic acids is 1. The van der Waals surface area contributed by atoms with E-state index in [2.05, 4.69) is 16.7 Å². The van der Waals surface area contributed by atoms with Crippen LogP contribution in [0.5, 0.6) is 0 Å². The number of carbonyl (C=O) groups excluding carboxylic acids is 2. The minimum absolute atomic E-state index is 0.0841. The summed E-state index contributed by atoms with van der Waals surface area (Å²) in [5, 5.41) is 14.8. The van der Waals surface area contributed by atoms with Gasteiger partial charge in [-0.25, -0.2) is 9.59 Å². The standard InChI is InChI=1S/C29H24ClN3O4S2/c1-17(27(34)31-19-13-14-22(30)21(16-19)28(35)36)38-20-8-6-7-18(15-20)32-29(37)33-23-9-2-4-11-25(23)39-26-12-5-3-10-24(26)33/h2-17,23,25H,1H3,(H,31,34)(H,32,37)(H,35,36). The number of nitrogens with one attached hydrogen (secondary N) is 2. The number of carboxylic acid groups (broad SMARTS) is 1. The first-order chi connectivity index (χ1) is 18.8. The van der Waals surface area contributed by atoms with Crippen molar-refractivity contribution in [3.8, 4) is 0 Å². The molecule has 3 amide bonds. The lowest BCUT2D eigenvalue weighted by atomic mass is 10.1. The molecule has 3 aromatic carbocycles. The number of anilines is 3. The highest BCUT2D eigenvalue weighted by Crippen LogP contribution is 2.43. The largest absolute Gasteiger partial charge is 0.478 e. The van der Waals surface area contributed by atoms with Crippen LogP contribution in [0.2, 0.25) is 5.02 Å². The lowest BCUT2D eigenvalue weighted by molar-refractivity contribution is -0.115. The van der Waals surface area contributed by atoms with Crippen molar-refractivity contribution in [3.63, 3.8) is 0 Å². The molecule has 1 aliphatic carbocycles. The van der Waals surface area contributed by atoms with E-state index in [4.69, 9.17) is 11.6 Å². The van der Waals surface area contributed by atoms with Gasteiger partial charge in [0.25, 0.3) is 0 Å². The number of hydrogen-bond donors (Lipinski definition) is 3. The number of thioether (sulfide) groups is 2. The molecule has 5 rings (SSSR count). The molecule has 0 spiro atoms. The number of nitrogens with zero attached hydrogens (tertiary/aromatic N) is 1. The first-order valence-corrected chi connectivity index (χ1v) is 14.3. The average Bonchev–Trinajstić information content (AvgIpc) is 2.92. The lowest BCUT2D eigenvalue weighted by Gasteiger charge is -2.40. The third kappa shape index (κ3) is 6.00. The number of para-hydroxylation sites is 1. The van der Waals surface area contributed by atoms with Gasteiger partial charge in [0, 0.05) is 21.2 Å². The molecular weight excluding hydrogens is 554 g/mol. The van der Waals surface area contributed by atoms with Gasteiger partial charge in [0.05, 0.1) is 32.8 Å². The molecule has 3 aromatic rings. The highest BCUT2D eigenvalue weighted by atomic mass is 35.5. The Morgan fingerprint density at radius 2 is 1.74 bits per heavy atom. The molecule has 0 fully saturated rings. The smallest absolute Gasteiger partial charge is 0.337 e. The number of halogens is 1. The highest BCUT2D eigenvalue weighted by Gasteiger charge is 2.36. The molecule has 0 saturated carbocycles. The Balaban J connectivity index is 1.27. The third-order valence-corrected chi connectivity index (χ3v) is 8.92. The molecule has 3 N–H and O–H groups in total. The SMILES string of the molecule is CC(Sc1cccc(NC(=O)N2c3ccccc3SC3C=CC=CC32)c1)C(=O)Nc1ccc(Cl)c(C(=O)O)c1. The van der Waals surface area contributed by atoms with Crippen LogP contribution in [0, 0.1) is 0 Å². The van der Waals surface area contributed by atoms with E-state index in [1.807, 2.05) is 66.8 Å². The first-order valence-electron chi connectivity index (χ1n) is 12.1. The molecule has 0 saturated heterocycles. The van der Waals surface area contributed by atoms with E-state index >= 15 is 0 Å². The molecule has 10 heteroatoms. The van der Waals surface area contributed by atoms with Crippen molar-refractivity contribution in [2.75, 3.05) is 15.5 Å². The normalized spacial score (nSPS) is 18.1. The maximum Gasteiger partial charge on any atom is 0.337 e. The van der Waals surface area contributed by atoms with Crippen molar-refractivity contribution < 1.29 is 19.5 Å². The van der Waals surface area contributed by atoms with Crippen LogP contribution in [0.4, 0.5) is 21.9 Å². The molecule has 39 heavy (non-hydrogen) atoms. The van der Waals surface area contributed by atoms with Crippen LogP contribution in [0.1, 0.15) is 17.3 Å². The fourth-order valence-electron chi connectivity index (χ4n) is 4.32. The molecule has 198 valence electrons. The van der Waals surface area contributed by atoms with Crippen molar-refractivity contribution in [3.05, 3.63) is 102 Å². The minimum atomic E-state index is -1.17. The van der Waals surface area contributed by atoms with Gasteiger partial charge in [0.1, 0.15) is 0 Å². The number of urea groups is 1. The van der Waals surface area contributed by atoms with Crippen LogP contribution in [0.25, 0.3) is 0 Å². The predicted molar refractivity (Wildman–Crippen MR) is 158 cm³/mol. The summed E-state index contributed by atoms with van der Waals surface area (Å²) in [6.07, 6.45) is 8.13. The number of carbonyl (C=O) groups is 3. The summed E-state index contributed by atoms with van der Waals surface area (Å²) in [4.78, 5) is 41.3. The molecule has 2 aliphatic rings. The second-order valence-corrected chi connectivity index (χ2v) is 11.9. The quantitative estimate of drug-likeness (QED) is 0.269. The summed E-state index contributed by atoms with van der Waals surface area (Å²) in [6.45, 7) is 1.75. The van der Waals surface area contributed by atoms with Crippen LogP contribution < -0.4 is 15.5 Å².